The van der Waals surface area contributed by atoms with Crippen molar-refractivity contribution in [3.05, 3.63) is 65.2 Å². The maximum atomic E-state index is 11.6. The van der Waals surface area contributed by atoms with E-state index in [0.29, 0.717) is 12.2 Å². The molecule has 2 aromatic rings. The van der Waals surface area contributed by atoms with Crippen molar-refractivity contribution in [2.24, 2.45) is 0 Å². The molecule has 0 aliphatic rings. The molecule has 1 N–H and O–H groups in total. The zero-order valence-electron chi connectivity index (χ0n) is 12.6. The summed E-state index contributed by atoms with van der Waals surface area (Å²) in [4.78, 5) is 11.6. The minimum atomic E-state index is -0.318. The van der Waals surface area contributed by atoms with Gasteiger partial charge in [0.25, 0.3) is 0 Å². The first kappa shape index (κ1) is 17.3. The molecular weight excluding hydrogens is 326 g/mol. The van der Waals surface area contributed by atoms with Gasteiger partial charge in [-0.25, -0.2) is 4.79 Å². The number of benzene rings is 2. The Labute approximate surface area is 147 Å². The number of thiol groups is 2. The van der Waals surface area contributed by atoms with Crippen LogP contribution in [0.5, 0.6) is 0 Å². The molecule has 0 aliphatic heterocycles. The van der Waals surface area contributed by atoms with Crippen LogP contribution in [0.15, 0.2) is 48.5 Å². The van der Waals surface area contributed by atoms with E-state index in [2.05, 4.69) is 42.4 Å². The van der Waals surface area contributed by atoms with Crippen molar-refractivity contribution >= 4 is 36.9 Å². The predicted octanol–water partition coefficient (Wildman–Crippen LogP) is 3.82. The molecule has 0 saturated carbocycles. The second-order valence-corrected chi connectivity index (χ2v) is 6.08. The highest BCUT2D eigenvalue weighted by molar-refractivity contribution is 7.99. The summed E-state index contributed by atoms with van der Waals surface area (Å²) in [7, 11) is 0. The lowest BCUT2D eigenvalue weighted by atomic mass is 10.1. The highest BCUT2D eigenvalue weighted by atomic mass is 32.2. The number of ether oxygens (including phenoxy) is 1. The molecule has 0 atom stereocenters. The van der Waals surface area contributed by atoms with Gasteiger partial charge >= 0.3 is 5.97 Å². The molecule has 0 heterocycles. The van der Waals surface area contributed by atoms with Gasteiger partial charge in [0.2, 0.25) is 0 Å². The fraction of sp³-hybridized carbons (Fsp3) is 0.167. The molecule has 0 aliphatic carbocycles. The molecule has 0 amide bonds. The van der Waals surface area contributed by atoms with Crippen molar-refractivity contribution in [2.45, 2.75) is 11.6 Å². The molecule has 2 aromatic carbocycles. The molecule has 0 radical (unpaired) electrons. The second-order valence-electron chi connectivity index (χ2n) is 4.64. The van der Waals surface area contributed by atoms with Gasteiger partial charge in [0, 0.05) is 16.8 Å². The summed E-state index contributed by atoms with van der Waals surface area (Å²) in [5.74, 6) is 5.83. The van der Waals surface area contributed by atoms with Gasteiger partial charge in [-0.15, -0.1) is 25.3 Å². The average Bonchev–Trinajstić information content (AvgIpc) is 2.54. The maximum Gasteiger partial charge on any atom is 0.338 e. The topological polar surface area (TPSA) is 38.3 Å². The fourth-order valence-electron chi connectivity index (χ4n) is 1.85. The van der Waals surface area contributed by atoms with Gasteiger partial charge < -0.3 is 10.1 Å². The molecular formula is C18H17NO2S2. The summed E-state index contributed by atoms with van der Waals surface area (Å²) in [5.41, 5.74) is 3.20. The van der Waals surface area contributed by atoms with Crippen LogP contribution in [0.25, 0.3) is 0 Å². The van der Waals surface area contributed by atoms with Gasteiger partial charge in [-0.1, -0.05) is 11.8 Å². The highest BCUT2D eigenvalue weighted by Gasteiger charge is 2.04. The first-order chi connectivity index (χ1) is 11.1. The van der Waals surface area contributed by atoms with E-state index in [0.717, 1.165) is 16.8 Å². The molecule has 23 heavy (non-hydrogen) atoms. The number of esters is 1. The van der Waals surface area contributed by atoms with E-state index in [1.165, 1.54) is 0 Å². The van der Waals surface area contributed by atoms with Crippen LogP contribution >= 0.6 is 25.3 Å². The van der Waals surface area contributed by atoms with E-state index < -0.39 is 0 Å². The van der Waals surface area contributed by atoms with Crippen molar-refractivity contribution in [3.63, 3.8) is 0 Å². The van der Waals surface area contributed by atoms with Crippen molar-refractivity contribution in [2.75, 3.05) is 11.9 Å². The first-order valence-corrected chi connectivity index (χ1v) is 8.13. The van der Waals surface area contributed by atoms with Crippen LogP contribution in [0, 0.1) is 11.8 Å². The average molecular weight is 343 g/mol. The van der Waals surface area contributed by atoms with E-state index in [1.54, 1.807) is 19.1 Å². The number of carbonyl (C=O) groups excluding carboxylic acids is 1. The lowest BCUT2D eigenvalue weighted by Gasteiger charge is -2.07. The lowest BCUT2D eigenvalue weighted by molar-refractivity contribution is 0.0526. The summed E-state index contributed by atoms with van der Waals surface area (Å²) in [5, 5.41) is 3.07. The van der Waals surface area contributed by atoms with Gasteiger partial charge in [0.1, 0.15) is 4.71 Å². The summed E-state index contributed by atoms with van der Waals surface area (Å²) in [6.45, 7) is 2.15. The summed E-state index contributed by atoms with van der Waals surface area (Å²) < 4.78 is 4.74. The monoisotopic (exact) mass is 343 g/mol. The normalized spacial score (nSPS) is 9.91. The van der Waals surface area contributed by atoms with Crippen LogP contribution in [0.4, 0.5) is 5.69 Å². The minimum Gasteiger partial charge on any atom is -0.462 e. The molecule has 0 unspecified atom stereocenters. The largest absolute Gasteiger partial charge is 0.462 e. The van der Waals surface area contributed by atoms with Gasteiger partial charge in [-0.3, -0.25) is 0 Å². The molecule has 118 valence electrons. The van der Waals surface area contributed by atoms with E-state index in [1.807, 2.05) is 36.4 Å². The molecule has 0 fully saturated rings. The van der Waals surface area contributed by atoms with Crippen LogP contribution in [0.3, 0.4) is 0 Å². The number of carbonyl (C=O) groups is 1. The van der Waals surface area contributed by atoms with Crippen LogP contribution in [-0.4, -0.2) is 17.3 Å². The molecule has 2 rings (SSSR count). The predicted molar refractivity (Wildman–Crippen MR) is 100 cm³/mol. The number of hydrogen-bond donors (Lipinski definition) is 3. The Balaban J connectivity index is 2.05. The Morgan fingerprint density at radius 3 is 2.04 bits per heavy atom. The molecule has 3 nitrogen and oxygen atoms in total. The van der Waals surface area contributed by atoms with E-state index >= 15 is 0 Å². The Kier molecular flexibility index (Phi) is 6.45. The molecule has 5 heteroatoms. The van der Waals surface area contributed by atoms with Crippen LogP contribution in [-0.2, 0) is 4.74 Å². The van der Waals surface area contributed by atoms with E-state index in [-0.39, 0.29) is 10.7 Å². The van der Waals surface area contributed by atoms with Gasteiger partial charge in [-0.2, -0.15) is 0 Å². The quantitative estimate of drug-likeness (QED) is 0.342. The zero-order valence-corrected chi connectivity index (χ0v) is 14.4. The van der Waals surface area contributed by atoms with Crippen molar-refractivity contribution in [3.8, 4) is 11.8 Å². The second kappa shape index (κ2) is 8.56. The Hall–Kier alpha value is -2.03. The standard InChI is InChI=1S/C18H17NO2S2/c1-2-21-17(20)15-9-5-13(6-10-15)3-4-14-7-11-16(12-8-14)19-18(22)23/h5-12,18-19,22-23H,2H2,1H3. The third kappa shape index (κ3) is 5.59. The Morgan fingerprint density at radius 1 is 1.04 bits per heavy atom. The molecule has 0 bridgehead atoms. The van der Waals surface area contributed by atoms with Crippen molar-refractivity contribution in [1.29, 1.82) is 0 Å². The number of rotatable bonds is 4. The van der Waals surface area contributed by atoms with Crippen LogP contribution < -0.4 is 5.32 Å². The number of nitrogens with one attached hydrogen (secondary N) is 1. The Bertz CT molecular complexity index is 713. The zero-order chi connectivity index (χ0) is 16.7. The summed E-state index contributed by atoms with van der Waals surface area (Å²) >= 11 is 8.30. The van der Waals surface area contributed by atoms with Crippen molar-refractivity contribution < 1.29 is 9.53 Å². The maximum absolute atomic E-state index is 11.6. The third-order valence-corrected chi connectivity index (χ3v) is 3.19. The lowest BCUT2D eigenvalue weighted by Crippen LogP contribution is -2.04. The SMILES string of the molecule is CCOC(=O)c1ccc(C#Cc2ccc(NC(S)S)cc2)cc1. The van der Waals surface area contributed by atoms with Gasteiger partial charge in [0.05, 0.1) is 12.2 Å². The molecule has 0 spiro atoms. The van der Waals surface area contributed by atoms with Gasteiger partial charge in [-0.05, 0) is 55.5 Å². The van der Waals surface area contributed by atoms with Gasteiger partial charge in [0.15, 0.2) is 0 Å². The molecule has 0 saturated heterocycles. The van der Waals surface area contributed by atoms with E-state index in [4.69, 9.17) is 4.74 Å². The molecule has 0 aromatic heterocycles. The van der Waals surface area contributed by atoms with Crippen molar-refractivity contribution in [1.82, 2.24) is 0 Å². The van der Waals surface area contributed by atoms with Crippen LogP contribution in [0.1, 0.15) is 28.4 Å². The first-order valence-electron chi connectivity index (χ1n) is 7.10. The highest BCUT2D eigenvalue weighted by Crippen LogP contribution is 2.13. The fourth-order valence-corrected chi connectivity index (χ4v) is 2.15. The van der Waals surface area contributed by atoms with E-state index in [9.17, 15) is 4.79 Å². The number of anilines is 1. The third-order valence-electron chi connectivity index (χ3n) is 2.93. The minimum absolute atomic E-state index is 0.204. The number of hydrogen-bond acceptors (Lipinski definition) is 5. The Morgan fingerprint density at radius 2 is 1.57 bits per heavy atom. The summed E-state index contributed by atoms with van der Waals surface area (Å²) in [6, 6.07) is 14.7. The summed E-state index contributed by atoms with van der Waals surface area (Å²) in [6.07, 6.45) is 0. The van der Waals surface area contributed by atoms with Crippen LogP contribution in [0.2, 0.25) is 0 Å². The smallest absolute Gasteiger partial charge is 0.338 e.